The average Bonchev–Trinajstić information content (AvgIpc) is 2.93. The van der Waals surface area contributed by atoms with Gasteiger partial charge in [0.05, 0.1) is 13.2 Å². The van der Waals surface area contributed by atoms with Crippen LogP contribution in [0.1, 0.15) is 18.1 Å². The fraction of sp³-hybridized carbons (Fsp3) is 0.294. The molecule has 1 aromatic heterocycles. The van der Waals surface area contributed by atoms with E-state index in [0.29, 0.717) is 5.56 Å². The van der Waals surface area contributed by atoms with E-state index in [0.717, 1.165) is 4.57 Å². The molecule has 1 atom stereocenters. The van der Waals surface area contributed by atoms with Gasteiger partial charge in [0, 0.05) is 0 Å². The molecule has 0 saturated heterocycles. The molecule has 29 heavy (non-hydrogen) atoms. The van der Waals surface area contributed by atoms with Gasteiger partial charge in [0.2, 0.25) is 0 Å². The molecule has 0 aliphatic carbocycles. The van der Waals surface area contributed by atoms with Crippen LogP contribution in [0.15, 0.2) is 39.9 Å². The van der Waals surface area contributed by atoms with Crippen molar-refractivity contribution in [3.05, 3.63) is 62.3 Å². The molecular weight excluding hydrogens is 397 g/mol. The molecule has 2 heterocycles. The summed E-state index contributed by atoms with van der Waals surface area (Å²) in [5.41, 5.74) is -6.80. The molecule has 0 radical (unpaired) electrons. The zero-order valence-corrected chi connectivity index (χ0v) is 14.9. The Kier molecular flexibility index (Phi) is 4.95. The Labute approximate surface area is 160 Å². The van der Waals surface area contributed by atoms with E-state index in [1.807, 2.05) is 5.32 Å². The highest BCUT2D eigenvalue weighted by Gasteiger charge is 2.68. The van der Waals surface area contributed by atoms with Crippen LogP contribution >= 0.6 is 0 Å². The molecule has 1 aromatic carbocycles. The fourth-order valence-corrected chi connectivity index (χ4v) is 3.06. The topological polar surface area (TPSA) is 122 Å². The molecule has 0 bridgehead atoms. The largest absolute Gasteiger partial charge is 0.450 e. The molecule has 3 rings (SSSR count). The zero-order valence-electron chi connectivity index (χ0n) is 14.9. The summed E-state index contributed by atoms with van der Waals surface area (Å²) in [4.78, 5) is 50.6. The summed E-state index contributed by atoms with van der Waals surface area (Å²) < 4.78 is 47.3. The Bertz CT molecular complexity index is 1080. The Morgan fingerprint density at radius 3 is 2.45 bits per heavy atom. The second kappa shape index (κ2) is 7.11. The number of benzene rings is 1. The molecule has 2 amide bonds. The van der Waals surface area contributed by atoms with E-state index < -0.39 is 46.3 Å². The number of carbonyl (C=O) groups excluding carboxylic acids is 2. The first-order chi connectivity index (χ1) is 13.6. The number of amides is 2. The molecule has 1 aliphatic rings. The van der Waals surface area contributed by atoms with E-state index in [4.69, 9.17) is 0 Å². The van der Waals surface area contributed by atoms with Gasteiger partial charge in [-0.3, -0.25) is 24.5 Å². The minimum Gasteiger partial charge on any atom is -0.450 e. The van der Waals surface area contributed by atoms with Crippen molar-refractivity contribution >= 4 is 17.8 Å². The molecule has 0 saturated carbocycles. The van der Waals surface area contributed by atoms with Crippen LogP contribution in [0.3, 0.4) is 0 Å². The number of nitrogens with zero attached hydrogens (tertiary/aromatic N) is 1. The first-order valence-electron chi connectivity index (χ1n) is 8.36. The van der Waals surface area contributed by atoms with Gasteiger partial charge in [-0.15, -0.1) is 0 Å². The number of nitrogens with one attached hydrogen (secondary N) is 3. The van der Waals surface area contributed by atoms with E-state index in [2.05, 4.69) is 4.74 Å². The van der Waals surface area contributed by atoms with Gasteiger partial charge >= 0.3 is 18.0 Å². The van der Waals surface area contributed by atoms with Crippen molar-refractivity contribution in [2.75, 3.05) is 11.9 Å². The number of halogens is 3. The maximum atomic E-state index is 14.0. The van der Waals surface area contributed by atoms with Crippen LogP contribution in [-0.2, 0) is 21.6 Å². The lowest BCUT2D eigenvalue weighted by Gasteiger charge is -2.29. The first kappa shape index (κ1) is 20.2. The monoisotopic (exact) mass is 412 g/mol. The molecule has 0 fully saturated rings. The maximum absolute atomic E-state index is 14.0. The number of hydrogen-bond donors (Lipinski definition) is 3. The van der Waals surface area contributed by atoms with Gasteiger partial charge in [-0.1, -0.05) is 30.3 Å². The number of rotatable bonds is 4. The number of fused-ring (bicyclic) bond motifs is 1. The quantitative estimate of drug-likeness (QED) is 0.693. The molecule has 2 aromatic rings. The summed E-state index contributed by atoms with van der Waals surface area (Å²) in [5.74, 6) is -2.38. The van der Waals surface area contributed by atoms with E-state index in [1.54, 1.807) is 35.3 Å². The third-order valence-corrected chi connectivity index (χ3v) is 4.32. The number of aromatic nitrogens is 2. The van der Waals surface area contributed by atoms with Gasteiger partial charge in [0.25, 0.3) is 17.0 Å². The summed E-state index contributed by atoms with van der Waals surface area (Å²) in [5, 5.41) is 3.38. The van der Waals surface area contributed by atoms with Crippen LogP contribution in [0, 0.1) is 0 Å². The highest BCUT2D eigenvalue weighted by molar-refractivity contribution is 6.07. The van der Waals surface area contributed by atoms with Crippen molar-refractivity contribution < 1.29 is 27.5 Å². The second-order valence-corrected chi connectivity index (χ2v) is 6.10. The summed E-state index contributed by atoms with van der Waals surface area (Å²) in [6.45, 7) is 0.858. The van der Waals surface area contributed by atoms with Crippen molar-refractivity contribution in [1.29, 1.82) is 0 Å². The number of alkyl carbamates (subject to hydrolysis) is 1. The zero-order chi connectivity index (χ0) is 21.4. The predicted molar refractivity (Wildman–Crippen MR) is 93.4 cm³/mol. The van der Waals surface area contributed by atoms with Crippen molar-refractivity contribution in [3.63, 3.8) is 0 Å². The summed E-state index contributed by atoms with van der Waals surface area (Å²) in [7, 11) is 0. The van der Waals surface area contributed by atoms with Crippen molar-refractivity contribution in [1.82, 2.24) is 14.9 Å². The van der Waals surface area contributed by atoms with Crippen LogP contribution < -0.4 is 21.9 Å². The van der Waals surface area contributed by atoms with Crippen LogP contribution in [0.2, 0.25) is 0 Å². The number of ether oxygens (including phenoxy) is 1. The van der Waals surface area contributed by atoms with Crippen molar-refractivity contribution in [2.24, 2.45) is 0 Å². The minimum atomic E-state index is -5.41. The Morgan fingerprint density at radius 2 is 1.86 bits per heavy atom. The molecule has 3 N–H and O–H groups in total. The summed E-state index contributed by atoms with van der Waals surface area (Å²) in [6, 6.07) is 8.20. The minimum absolute atomic E-state index is 0.230. The van der Waals surface area contributed by atoms with E-state index in [9.17, 15) is 32.3 Å². The van der Waals surface area contributed by atoms with Gasteiger partial charge in [-0.25, -0.2) is 9.59 Å². The molecule has 0 unspecified atom stereocenters. The van der Waals surface area contributed by atoms with E-state index in [-0.39, 0.29) is 13.2 Å². The molecule has 154 valence electrons. The van der Waals surface area contributed by atoms with Gasteiger partial charge in [-0.05, 0) is 12.5 Å². The molecular formula is C17H15F3N4O5. The van der Waals surface area contributed by atoms with Crippen LogP contribution in [0.5, 0.6) is 0 Å². The van der Waals surface area contributed by atoms with E-state index >= 15 is 0 Å². The number of hydrogen-bond acceptors (Lipinski definition) is 5. The van der Waals surface area contributed by atoms with Crippen LogP contribution in [0.25, 0.3) is 0 Å². The summed E-state index contributed by atoms with van der Waals surface area (Å²) >= 11 is 0. The van der Waals surface area contributed by atoms with Crippen LogP contribution in [-0.4, -0.2) is 34.3 Å². The van der Waals surface area contributed by atoms with Gasteiger partial charge < -0.3 is 10.1 Å². The lowest BCUT2D eigenvalue weighted by molar-refractivity contribution is -0.197. The Hall–Kier alpha value is -3.57. The lowest BCUT2D eigenvalue weighted by Crippen LogP contribution is -2.62. The normalized spacial score (nSPS) is 18.1. The SMILES string of the molecule is CCOC(=O)N[C@@]1(C(F)(F)F)C(=O)Nc2c1c(=O)[nH]c(=O)n2Cc1ccccc1. The smallest absolute Gasteiger partial charge is 0.425 e. The first-order valence-corrected chi connectivity index (χ1v) is 8.36. The highest BCUT2D eigenvalue weighted by Crippen LogP contribution is 2.45. The molecule has 12 heteroatoms. The van der Waals surface area contributed by atoms with Gasteiger partial charge in [0.15, 0.2) is 0 Å². The van der Waals surface area contributed by atoms with Gasteiger partial charge in [-0.2, -0.15) is 13.2 Å². The lowest BCUT2D eigenvalue weighted by atomic mass is 9.92. The standard InChI is InChI=1S/C17H15F3N4O5/c1-2-29-15(28)23-16(17(18,19)20)10-11(21-13(16)26)24(14(27)22-12(10)25)8-9-6-4-3-5-7-9/h3-7H,2,8H2,1H3,(H,21,26)(H,23,28)(H,22,25,27)/t16-/m1/s1. The molecule has 1 aliphatic heterocycles. The molecule has 9 nitrogen and oxygen atoms in total. The number of alkyl halides is 3. The van der Waals surface area contributed by atoms with Crippen molar-refractivity contribution in [3.8, 4) is 0 Å². The maximum Gasteiger partial charge on any atom is 0.425 e. The predicted octanol–water partition coefficient (Wildman–Crippen LogP) is 1.04. The third kappa shape index (κ3) is 3.26. The second-order valence-electron chi connectivity index (χ2n) is 6.10. The number of anilines is 1. The van der Waals surface area contributed by atoms with Gasteiger partial charge in [0.1, 0.15) is 11.4 Å². The number of H-pyrrole nitrogens is 1. The number of aromatic amines is 1. The fourth-order valence-electron chi connectivity index (χ4n) is 3.06. The third-order valence-electron chi connectivity index (χ3n) is 4.32. The van der Waals surface area contributed by atoms with Crippen LogP contribution in [0.4, 0.5) is 23.8 Å². The average molecular weight is 412 g/mol. The number of carbonyl (C=O) groups is 2. The Balaban J connectivity index is 2.24. The Morgan fingerprint density at radius 1 is 1.21 bits per heavy atom. The summed E-state index contributed by atoms with van der Waals surface area (Å²) in [6.07, 6.45) is -6.95. The van der Waals surface area contributed by atoms with E-state index in [1.165, 1.54) is 12.2 Å². The van der Waals surface area contributed by atoms with Crippen molar-refractivity contribution in [2.45, 2.75) is 25.2 Å². The highest BCUT2D eigenvalue weighted by atomic mass is 19.4. The molecule has 0 spiro atoms.